The van der Waals surface area contributed by atoms with Gasteiger partial charge >= 0.3 is 0 Å². The Kier molecular flexibility index (Phi) is 4.90. The van der Waals surface area contributed by atoms with Gasteiger partial charge in [-0.3, -0.25) is 0 Å². The van der Waals surface area contributed by atoms with Gasteiger partial charge in [-0.2, -0.15) is 0 Å². The summed E-state index contributed by atoms with van der Waals surface area (Å²) in [6, 6.07) is 3.97. The SMILES string of the molecule is CC(C)(C)OC(O)C1Sc2nc3c(c(-c4cccs4)c2C1N)CCCC3. The number of hydrogen-bond donors (Lipinski definition) is 2. The summed E-state index contributed by atoms with van der Waals surface area (Å²) in [6.45, 7) is 5.84. The van der Waals surface area contributed by atoms with Gasteiger partial charge in [0.1, 0.15) is 5.03 Å². The maximum atomic E-state index is 10.7. The van der Waals surface area contributed by atoms with Crippen LogP contribution in [0.3, 0.4) is 0 Å². The first-order valence-corrected chi connectivity index (χ1v) is 11.0. The molecule has 0 saturated carbocycles. The largest absolute Gasteiger partial charge is 0.367 e. The van der Waals surface area contributed by atoms with Crippen LogP contribution in [0.15, 0.2) is 22.5 Å². The topological polar surface area (TPSA) is 68.4 Å². The highest BCUT2D eigenvalue weighted by Gasteiger charge is 2.42. The molecule has 0 saturated heterocycles. The van der Waals surface area contributed by atoms with E-state index in [2.05, 4.69) is 17.5 Å². The number of aromatic nitrogens is 1. The van der Waals surface area contributed by atoms with Gasteiger partial charge < -0.3 is 15.6 Å². The Hall–Kier alpha value is -0.920. The molecule has 6 heteroatoms. The number of fused-ring (bicyclic) bond motifs is 2. The van der Waals surface area contributed by atoms with Gasteiger partial charge in [-0.1, -0.05) is 17.8 Å². The summed E-state index contributed by atoms with van der Waals surface area (Å²) < 4.78 is 5.81. The Bertz CT molecular complexity index is 799. The van der Waals surface area contributed by atoms with E-state index < -0.39 is 11.9 Å². The molecule has 4 rings (SSSR count). The molecule has 0 radical (unpaired) electrons. The molecule has 26 heavy (non-hydrogen) atoms. The highest BCUT2D eigenvalue weighted by atomic mass is 32.2. The van der Waals surface area contributed by atoms with Crippen molar-refractivity contribution in [2.75, 3.05) is 0 Å². The predicted octanol–water partition coefficient (Wildman–Crippen LogP) is 4.30. The van der Waals surface area contributed by atoms with Crippen molar-refractivity contribution in [3.05, 3.63) is 34.3 Å². The number of aryl methyl sites for hydroxylation is 1. The normalized spacial score (nSPS) is 23.6. The van der Waals surface area contributed by atoms with E-state index >= 15 is 0 Å². The van der Waals surface area contributed by atoms with Crippen molar-refractivity contribution in [3.8, 4) is 10.4 Å². The van der Waals surface area contributed by atoms with Crippen LogP contribution in [0.5, 0.6) is 0 Å². The summed E-state index contributed by atoms with van der Waals surface area (Å²) in [5.41, 5.74) is 11.2. The highest BCUT2D eigenvalue weighted by molar-refractivity contribution is 8.00. The fraction of sp³-hybridized carbons (Fsp3) is 0.550. The number of ether oxygens (including phenoxy) is 1. The molecule has 3 unspecified atom stereocenters. The van der Waals surface area contributed by atoms with Crippen molar-refractivity contribution in [2.45, 2.75) is 74.7 Å². The number of thioether (sulfide) groups is 1. The summed E-state index contributed by atoms with van der Waals surface area (Å²) in [6.07, 6.45) is 3.57. The first kappa shape index (κ1) is 18.4. The zero-order chi connectivity index (χ0) is 18.5. The number of aliphatic hydroxyl groups excluding tert-OH is 1. The van der Waals surface area contributed by atoms with Crippen LogP contribution >= 0.6 is 23.1 Å². The lowest BCUT2D eigenvalue weighted by molar-refractivity contribution is -0.166. The summed E-state index contributed by atoms with van der Waals surface area (Å²) in [7, 11) is 0. The van der Waals surface area contributed by atoms with Crippen molar-refractivity contribution in [1.82, 2.24) is 4.98 Å². The van der Waals surface area contributed by atoms with E-state index in [0.717, 1.165) is 23.4 Å². The zero-order valence-corrected chi connectivity index (χ0v) is 17.1. The minimum atomic E-state index is -0.919. The van der Waals surface area contributed by atoms with E-state index in [-0.39, 0.29) is 11.3 Å². The van der Waals surface area contributed by atoms with Crippen molar-refractivity contribution in [1.29, 1.82) is 0 Å². The maximum Gasteiger partial charge on any atom is 0.169 e. The number of rotatable bonds is 3. The molecule has 2 aromatic heterocycles. The third-order valence-electron chi connectivity index (χ3n) is 4.93. The van der Waals surface area contributed by atoms with Gasteiger partial charge in [0.25, 0.3) is 0 Å². The second-order valence-electron chi connectivity index (χ2n) is 8.04. The first-order chi connectivity index (χ1) is 12.3. The van der Waals surface area contributed by atoms with Crippen LogP contribution in [0.25, 0.3) is 10.4 Å². The molecule has 0 spiro atoms. The molecule has 4 nitrogen and oxygen atoms in total. The number of thiophene rings is 1. The summed E-state index contributed by atoms with van der Waals surface area (Å²) >= 11 is 3.32. The number of hydrogen-bond acceptors (Lipinski definition) is 6. The second kappa shape index (κ2) is 6.91. The molecule has 1 aliphatic carbocycles. The van der Waals surface area contributed by atoms with E-state index in [4.69, 9.17) is 15.5 Å². The highest BCUT2D eigenvalue weighted by Crippen LogP contribution is 2.50. The van der Waals surface area contributed by atoms with Crippen molar-refractivity contribution in [2.24, 2.45) is 5.73 Å². The lowest BCUT2D eigenvalue weighted by Crippen LogP contribution is -2.38. The van der Waals surface area contributed by atoms with Crippen molar-refractivity contribution < 1.29 is 9.84 Å². The number of nitrogens with two attached hydrogens (primary N) is 1. The van der Waals surface area contributed by atoms with E-state index in [1.54, 1.807) is 23.1 Å². The van der Waals surface area contributed by atoms with Gasteiger partial charge in [0, 0.05) is 21.7 Å². The fourth-order valence-corrected chi connectivity index (χ4v) is 5.92. The molecule has 1 aliphatic heterocycles. The van der Waals surface area contributed by atoms with Gasteiger partial charge in [0.05, 0.1) is 16.9 Å². The number of aliphatic hydroxyl groups is 1. The van der Waals surface area contributed by atoms with Crippen LogP contribution in [-0.2, 0) is 17.6 Å². The van der Waals surface area contributed by atoms with E-state index in [1.165, 1.54) is 34.5 Å². The lowest BCUT2D eigenvalue weighted by Gasteiger charge is -2.29. The Morgan fingerprint density at radius 2 is 2.08 bits per heavy atom. The molecule has 2 aromatic rings. The first-order valence-electron chi connectivity index (χ1n) is 9.23. The summed E-state index contributed by atoms with van der Waals surface area (Å²) in [5, 5.41) is 13.5. The van der Waals surface area contributed by atoms with Crippen LogP contribution in [0.4, 0.5) is 0 Å². The molecular weight excluding hydrogens is 364 g/mol. The van der Waals surface area contributed by atoms with Crippen molar-refractivity contribution in [3.63, 3.8) is 0 Å². The smallest absolute Gasteiger partial charge is 0.169 e. The van der Waals surface area contributed by atoms with E-state index in [1.807, 2.05) is 20.8 Å². The van der Waals surface area contributed by atoms with Gasteiger partial charge in [0.15, 0.2) is 6.29 Å². The monoisotopic (exact) mass is 390 g/mol. The maximum absolute atomic E-state index is 10.7. The molecule has 2 aliphatic rings. The second-order valence-corrected chi connectivity index (χ2v) is 10.2. The molecular formula is C20H26N2O2S2. The predicted molar refractivity (Wildman–Crippen MR) is 108 cm³/mol. The van der Waals surface area contributed by atoms with Gasteiger partial charge in [-0.05, 0) is 63.5 Å². The fourth-order valence-electron chi connectivity index (χ4n) is 3.87. The molecule has 140 valence electrons. The Labute approximate surface area is 163 Å². The molecule has 3 atom stereocenters. The average molecular weight is 391 g/mol. The van der Waals surface area contributed by atoms with Gasteiger partial charge in [-0.25, -0.2) is 4.98 Å². The number of nitrogens with zero attached hydrogens (tertiary/aromatic N) is 1. The zero-order valence-electron chi connectivity index (χ0n) is 15.5. The third-order valence-corrected chi connectivity index (χ3v) is 7.15. The Morgan fingerprint density at radius 1 is 1.31 bits per heavy atom. The molecule has 0 fully saturated rings. The quantitative estimate of drug-likeness (QED) is 0.765. The van der Waals surface area contributed by atoms with Crippen LogP contribution in [-0.4, -0.2) is 27.2 Å². The van der Waals surface area contributed by atoms with Gasteiger partial charge in [-0.15, -0.1) is 11.3 Å². The minimum Gasteiger partial charge on any atom is -0.367 e. The van der Waals surface area contributed by atoms with Crippen LogP contribution in [0, 0.1) is 0 Å². The van der Waals surface area contributed by atoms with Gasteiger partial charge in [0.2, 0.25) is 0 Å². The third kappa shape index (κ3) is 3.34. The molecule has 0 aromatic carbocycles. The average Bonchev–Trinajstić information content (AvgIpc) is 3.20. The number of pyridine rings is 1. The van der Waals surface area contributed by atoms with Crippen LogP contribution in [0.2, 0.25) is 0 Å². The molecule has 0 bridgehead atoms. The molecule has 3 N–H and O–H groups in total. The summed E-state index contributed by atoms with van der Waals surface area (Å²) in [4.78, 5) is 6.22. The van der Waals surface area contributed by atoms with Crippen LogP contribution < -0.4 is 5.73 Å². The Balaban J connectivity index is 1.78. The van der Waals surface area contributed by atoms with E-state index in [0.29, 0.717) is 0 Å². The standard InChI is InChI=1S/C20H26N2O2S2/c1-20(2,3)24-19(23)17-16(21)15-14(13-9-6-10-25-13)11-7-4-5-8-12(11)22-18(15)26-17/h6,9-10,16-17,19,23H,4-5,7-8,21H2,1-3H3. The lowest BCUT2D eigenvalue weighted by atomic mass is 9.87. The van der Waals surface area contributed by atoms with Crippen molar-refractivity contribution >= 4 is 23.1 Å². The van der Waals surface area contributed by atoms with E-state index in [9.17, 15) is 5.11 Å². The molecule has 3 heterocycles. The summed E-state index contributed by atoms with van der Waals surface area (Å²) in [5.74, 6) is 0. The van der Waals surface area contributed by atoms with Crippen LogP contribution in [0.1, 0.15) is 56.5 Å². The molecule has 0 amide bonds. The minimum absolute atomic E-state index is 0.237. The Morgan fingerprint density at radius 3 is 2.77 bits per heavy atom.